The number of aliphatic hydroxyl groups excluding tert-OH is 1. The van der Waals surface area contributed by atoms with Crippen molar-refractivity contribution in [1.29, 1.82) is 0 Å². The molecule has 0 aliphatic carbocycles. The van der Waals surface area contributed by atoms with E-state index in [0.29, 0.717) is 11.4 Å². The number of nitrogens with two attached hydrogens (primary N) is 1. The molecule has 0 radical (unpaired) electrons. The Balaban J connectivity index is 1.54. The maximum absolute atomic E-state index is 14.0. The number of ether oxygens (including phenoxy) is 3. The number of nitrogen functional groups attached to an aromatic ring is 1. The predicted octanol–water partition coefficient (Wildman–Crippen LogP) is -0.236. The molecule has 2 aliphatic heterocycles. The van der Waals surface area contributed by atoms with Crippen LogP contribution in [0.4, 0.5) is 10.7 Å². The van der Waals surface area contributed by atoms with Crippen LogP contribution in [0, 0.1) is 0 Å². The topological polar surface area (TPSA) is 243 Å². The largest absolute Gasteiger partial charge is 0.479 e. The minimum Gasteiger partial charge on any atom is -0.479 e. The van der Waals surface area contributed by atoms with Gasteiger partial charge in [-0.3, -0.25) is 24.0 Å². The summed E-state index contributed by atoms with van der Waals surface area (Å²) in [6, 6.07) is -2.66. The summed E-state index contributed by atoms with van der Waals surface area (Å²) in [7, 11) is 2.79. The molecule has 238 valence electrons. The van der Waals surface area contributed by atoms with Crippen molar-refractivity contribution in [3.63, 3.8) is 0 Å². The van der Waals surface area contributed by atoms with Crippen LogP contribution in [-0.2, 0) is 28.2 Å². The molecule has 1 unspecified atom stereocenters. The molecule has 0 aromatic carbocycles. The number of aromatic nitrogens is 4. The second-order valence-corrected chi connectivity index (χ2v) is 14.8. The third kappa shape index (κ3) is 6.72. The predicted molar refractivity (Wildman–Crippen MR) is 152 cm³/mol. The Morgan fingerprint density at radius 3 is 2.65 bits per heavy atom. The van der Waals surface area contributed by atoms with Crippen LogP contribution in [0.15, 0.2) is 6.33 Å². The smallest absolute Gasteiger partial charge is 0.327 e. The number of esters is 1. The van der Waals surface area contributed by atoms with Gasteiger partial charge >= 0.3 is 18.7 Å². The van der Waals surface area contributed by atoms with Gasteiger partial charge in [0.2, 0.25) is 11.8 Å². The molecule has 2 aromatic rings. The van der Waals surface area contributed by atoms with E-state index in [9.17, 15) is 29.2 Å². The van der Waals surface area contributed by atoms with Gasteiger partial charge in [0.1, 0.15) is 29.9 Å². The molecule has 2 fully saturated rings. The Labute approximate surface area is 250 Å². The number of urea groups is 1. The molecule has 43 heavy (non-hydrogen) atoms. The van der Waals surface area contributed by atoms with Crippen molar-refractivity contribution >= 4 is 53.1 Å². The van der Waals surface area contributed by atoms with Crippen molar-refractivity contribution in [2.45, 2.75) is 69.9 Å². The van der Waals surface area contributed by atoms with Gasteiger partial charge in [-0.25, -0.2) is 14.9 Å². The maximum atomic E-state index is 14.0. The normalized spacial score (nSPS) is 27.9. The Hall–Kier alpha value is -3.06. The van der Waals surface area contributed by atoms with Crippen LogP contribution in [0.1, 0.15) is 33.9 Å². The van der Waals surface area contributed by atoms with Crippen molar-refractivity contribution in [3.05, 3.63) is 6.33 Å². The van der Waals surface area contributed by atoms with Crippen molar-refractivity contribution in [1.82, 2.24) is 34.8 Å². The second-order valence-electron chi connectivity index (χ2n) is 10.5. The number of carbonyl (C=O) groups excluding carboxylic acids is 3. The summed E-state index contributed by atoms with van der Waals surface area (Å²) < 4.78 is 37.5. The SMILES string of the molecule is COc1nc(N)nc2c1ncn2[C@@H]1O[C@H](CO[P@](=O)(N[C@@H](C)C(=O)OC(C)C)SCC2C(=O)NC(=O)N2C)[C@@H](O)[C@@]1(C)O. The van der Waals surface area contributed by atoms with Crippen molar-refractivity contribution in [3.8, 4) is 5.88 Å². The van der Waals surface area contributed by atoms with E-state index in [4.69, 9.17) is 24.5 Å². The fourth-order valence-corrected chi connectivity index (χ4v) is 8.43. The van der Waals surface area contributed by atoms with Crippen molar-refractivity contribution in [2.75, 3.05) is 32.3 Å². The first-order valence-electron chi connectivity index (χ1n) is 13.1. The molecule has 2 aromatic heterocycles. The lowest BCUT2D eigenvalue weighted by molar-refractivity contribution is -0.149. The van der Waals surface area contributed by atoms with E-state index in [1.54, 1.807) is 13.8 Å². The summed E-state index contributed by atoms with van der Waals surface area (Å²) in [5, 5.41) is 27.1. The van der Waals surface area contributed by atoms with Crippen LogP contribution >= 0.6 is 18.1 Å². The van der Waals surface area contributed by atoms with Gasteiger partial charge in [0.05, 0.1) is 26.1 Å². The van der Waals surface area contributed by atoms with Crippen LogP contribution in [0.25, 0.3) is 11.2 Å². The van der Waals surface area contributed by atoms with Gasteiger partial charge in [0.25, 0.3) is 5.91 Å². The van der Waals surface area contributed by atoms with E-state index in [0.717, 1.165) is 4.90 Å². The van der Waals surface area contributed by atoms with Gasteiger partial charge in [-0.1, -0.05) is 11.4 Å². The molecule has 4 rings (SSSR count). The third-order valence-electron chi connectivity index (χ3n) is 6.80. The maximum Gasteiger partial charge on any atom is 0.327 e. The van der Waals surface area contributed by atoms with Crippen molar-refractivity contribution in [2.24, 2.45) is 0 Å². The number of carbonyl (C=O) groups is 3. The molecular formula is C23H35N8O10PS. The summed E-state index contributed by atoms with van der Waals surface area (Å²) in [5.41, 5.74) is 4.27. The molecule has 18 nitrogen and oxygen atoms in total. The summed E-state index contributed by atoms with van der Waals surface area (Å²) in [5.74, 6) is -1.46. The Morgan fingerprint density at radius 1 is 1.35 bits per heavy atom. The quantitative estimate of drug-likeness (QED) is 0.114. The highest BCUT2D eigenvalue weighted by atomic mass is 32.7. The molecule has 6 N–H and O–H groups in total. The lowest BCUT2D eigenvalue weighted by Gasteiger charge is -2.27. The summed E-state index contributed by atoms with van der Waals surface area (Å²) in [6.45, 7) is 1.49. The highest BCUT2D eigenvalue weighted by Gasteiger charge is 2.54. The zero-order valence-corrected chi connectivity index (χ0v) is 26.0. The Kier molecular flexibility index (Phi) is 9.55. The Bertz CT molecular complexity index is 1440. The first-order valence-corrected chi connectivity index (χ1v) is 16.3. The number of aliphatic hydroxyl groups is 2. The molecule has 4 heterocycles. The van der Waals surface area contributed by atoms with Gasteiger partial charge in [0, 0.05) is 12.8 Å². The van der Waals surface area contributed by atoms with Crippen LogP contribution in [0.3, 0.4) is 0 Å². The minimum atomic E-state index is -4.05. The van der Waals surface area contributed by atoms with E-state index in [-0.39, 0.29) is 28.7 Å². The van der Waals surface area contributed by atoms with E-state index < -0.39 is 73.5 Å². The monoisotopic (exact) mass is 646 g/mol. The standard InChI is InChI=1S/C23H35N8O10PS/c1-10(2)40-19(34)11(3)29-42(37,43-8-12-17(33)27-22(35)30(12)5)39-7-13-15(32)23(4,36)20(41-13)31-9-25-14-16(31)26-21(24)28-18(14)38-6/h9-13,15,20,32,36H,7-8H2,1-6H3,(H,29,37)(H2,24,26,28)(H,27,33,35)/t11-,12?,13+,15+,20+,23+,42+/m0/s1. The number of likely N-dealkylation sites (N-methyl/N-ethyl adjacent to an activating group) is 1. The number of rotatable bonds is 12. The molecule has 0 spiro atoms. The minimum absolute atomic E-state index is 0.0942. The Morgan fingerprint density at radius 2 is 2.05 bits per heavy atom. The van der Waals surface area contributed by atoms with Crippen LogP contribution < -0.4 is 20.9 Å². The molecule has 2 aliphatic rings. The van der Waals surface area contributed by atoms with E-state index in [2.05, 4.69) is 25.4 Å². The van der Waals surface area contributed by atoms with Gasteiger partial charge in [-0.05, 0) is 27.7 Å². The van der Waals surface area contributed by atoms with E-state index in [1.165, 1.54) is 38.9 Å². The molecule has 7 atom stereocenters. The van der Waals surface area contributed by atoms with E-state index >= 15 is 0 Å². The first kappa shape index (κ1) is 32.8. The molecular weight excluding hydrogens is 611 g/mol. The molecule has 0 bridgehead atoms. The average molecular weight is 647 g/mol. The van der Waals surface area contributed by atoms with Gasteiger partial charge in [0.15, 0.2) is 17.4 Å². The lowest BCUT2D eigenvalue weighted by atomic mass is 9.96. The summed E-state index contributed by atoms with van der Waals surface area (Å²) in [6.07, 6.45) is -3.16. The molecule has 0 saturated carbocycles. The lowest BCUT2D eigenvalue weighted by Crippen LogP contribution is -2.44. The highest BCUT2D eigenvalue weighted by molar-refractivity contribution is 8.56. The number of imidazole rings is 1. The third-order valence-corrected chi connectivity index (χ3v) is 10.9. The average Bonchev–Trinajstić information content (AvgIpc) is 3.52. The summed E-state index contributed by atoms with van der Waals surface area (Å²) >= 11 is 0.686. The molecule has 2 saturated heterocycles. The van der Waals surface area contributed by atoms with Crippen molar-refractivity contribution < 1.29 is 47.9 Å². The number of imide groups is 1. The number of nitrogens with zero attached hydrogens (tertiary/aromatic N) is 5. The van der Waals surface area contributed by atoms with E-state index in [1.807, 2.05) is 0 Å². The zero-order chi connectivity index (χ0) is 31.9. The fraction of sp³-hybridized carbons (Fsp3) is 0.652. The highest BCUT2D eigenvalue weighted by Crippen LogP contribution is 2.57. The van der Waals surface area contributed by atoms with Gasteiger partial charge < -0.3 is 39.6 Å². The number of hydrogen-bond acceptors (Lipinski definition) is 15. The number of fused-ring (bicyclic) bond motifs is 1. The number of anilines is 1. The van der Waals surface area contributed by atoms with Gasteiger partial charge in [-0.2, -0.15) is 9.97 Å². The van der Waals surface area contributed by atoms with Crippen LogP contribution in [0.5, 0.6) is 5.88 Å². The number of hydrogen-bond donors (Lipinski definition) is 5. The number of nitrogens with one attached hydrogen (secondary N) is 2. The van der Waals surface area contributed by atoms with Crippen LogP contribution in [-0.4, -0.2) is 115 Å². The second kappa shape index (κ2) is 12.5. The molecule has 3 amide bonds. The van der Waals surface area contributed by atoms with Crippen LogP contribution in [0.2, 0.25) is 0 Å². The first-order chi connectivity index (χ1) is 20.1. The fourth-order valence-electron chi connectivity index (χ4n) is 4.46. The number of methoxy groups -OCH3 is 1. The molecule has 20 heteroatoms. The number of amides is 3. The summed E-state index contributed by atoms with van der Waals surface area (Å²) in [4.78, 5) is 50.1. The van der Waals surface area contributed by atoms with Gasteiger partial charge in [-0.15, -0.1) is 0 Å². The zero-order valence-electron chi connectivity index (χ0n) is 24.3.